The lowest BCUT2D eigenvalue weighted by molar-refractivity contribution is -0.151. The van der Waals surface area contributed by atoms with Crippen molar-refractivity contribution in [1.29, 1.82) is 0 Å². The molecule has 144 valence electrons. The first kappa shape index (κ1) is 18.3. The summed E-state index contributed by atoms with van der Waals surface area (Å²) in [6, 6.07) is 11.3. The lowest BCUT2D eigenvalue weighted by atomic mass is 9.82. The molecule has 0 saturated carbocycles. The molecule has 2 heterocycles. The standard InChI is InChI=1S/C22H26FNO3/c1-22(2,3)14-6-7-17-15(12-14)20-21(27-10-9-26-20)19(24-17)13-5-8-18(25-4)16(23)11-13/h5-8,11-12,19-21,24H,9-10H2,1-4H3/t19-,20+,21-/m0/s1. The maximum Gasteiger partial charge on any atom is 0.165 e. The average molecular weight is 371 g/mol. The number of nitrogens with one attached hydrogen (secondary N) is 1. The van der Waals surface area contributed by atoms with Crippen LogP contribution in [0.25, 0.3) is 0 Å². The Labute approximate surface area is 159 Å². The van der Waals surface area contributed by atoms with E-state index in [1.54, 1.807) is 6.07 Å². The zero-order valence-corrected chi connectivity index (χ0v) is 16.2. The van der Waals surface area contributed by atoms with Crippen molar-refractivity contribution in [3.8, 4) is 5.75 Å². The lowest BCUT2D eigenvalue weighted by Gasteiger charge is -2.43. The Kier molecular flexibility index (Phi) is 4.60. The van der Waals surface area contributed by atoms with E-state index in [1.807, 2.05) is 6.07 Å². The molecule has 4 rings (SSSR count). The van der Waals surface area contributed by atoms with Crippen LogP contribution in [0.2, 0.25) is 0 Å². The van der Waals surface area contributed by atoms with Gasteiger partial charge in [-0.05, 0) is 34.7 Å². The van der Waals surface area contributed by atoms with Crippen molar-refractivity contribution in [3.05, 3.63) is 58.9 Å². The van der Waals surface area contributed by atoms with Crippen LogP contribution < -0.4 is 10.1 Å². The zero-order chi connectivity index (χ0) is 19.2. The van der Waals surface area contributed by atoms with E-state index >= 15 is 0 Å². The first-order valence-electron chi connectivity index (χ1n) is 9.36. The molecule has 2 aromatic carbocycles. The molecule has 2 aliphatic rings. The maximum absolute atomic E-state index is 14.3. The molecule has 27 heavy (non-hydrogen) atoms. The van der Waals surface area contributed by atoms with Crippen molar-refractivity contribution < 1.29 is 18.6 Å². The van der Waals surface area contributed by atoms with E-state index in [0.29, 0.717) is 13.2 Å². The van der Waals surface area contributed by atoms with Crippen LogP contribution in [-0.2, 0) is 14.9 Å². The van der Waals surface area contributed by atoms with Crippen molar-refractivity contribution in [2.75, 3.05) is 25.6 Å². The molecule has 1 N–H and O–H groups in total. The monoisotopic (exact) mass is 371 g/mol. The summed E-state index contributed by atoms with van der Waals surface area (Å²) in [4.78, 5) is 0. The minimum Gasteiger partial charge on any atom is -0.494 e. The number of anilines is 1. The summed E-state index contributed by atoms with van der Waals surface area (Å²) in [6.07, 6.45) is -0.387. The molecular formula is C22H26FNO3. The Morgan fingerprint density at radius 2 is 1.85 bits per heavy atom. The van der Waals surface area contributed by atoms with Gasteiger partial charge in [-0.3, -0.25) is 0 Å². The topological polar surface area (TPSA) is 39.7 Å². The van der Waals surface area contributed by atoms with E-state index in [1.165, 1.54) is 18.7 Å². The van der Waals surface area contributed by atoms with Crippen molar-refractivity contribution in [3.63, 3.8) is 0 Å². The largest absolute Gasteiger partial charge is 0.494 e. The van der Waals surface area contributed by atoms with E-state index in [2.05, 4.69) is 44.3 Å². The molecule has 0 unspecified atom stereocenters. The molecule has 3 atom stereocenters. The number of hydrogen-bond donors (Lipinski definition) is 1. The molecular weight excluding hydrogens is 345 g/mol. The Bertz CT molecular complexity index is 846. The Balaban J connectivity index is 1.75. The van der Waals surface area contributed by atoms with Crippen LogP contribution in [0.4, 0.5) is 10.1 Å². The van der Waals surface area contributed by atoms with Gasteiger partial charge in [-0.1, -0.05) is 39.0 Å². The van der Waals surface area contributed by atoms with Gasteiger partial charge in [0.25, 0.3) is 0 Å². The quantitative estimate of drug-likeness (QED) is 0.827. The van der Waals surface area contributed by atoms with Crippen LogP contribution in [0.1, 0.15) is 49.6 Å². The molecule has 0 aliphatic carbocycles. The minimum absolute atomic E-state index is 0.0516. The van der Waals surface area contributed by atoms with Gasteiger partial charge in [-0.25, -0.2) is 4.39 Å². The van der Waals surface area contributed by atoms with Gasteiger partial charge in [-0.15, -0.1) is 0 Å². The normalized spacial score (nSPS) is 24.6. The highest BCUT2D eigenvalue weighted by Crippen LogP contribution is 2.45. The Hall–Kier alpha value is -2.11. The van der Waals surface area contributed by atoms with Crippen LogP contribution in [0.5, 0.6) is 5.75 Å². The summed E-state index contributed by atoms with van der Waals surface area (Å²) in [6.45, 7) is 7.69. The van der Waals surface area contributed by atoms with Gasteiger partial charge in [0.05, 0.1) is 26.4 Å². The molecule has 0 aromatic heterocycles. The predicted molar refractivity (Wildman–Crippen MR) is 103 cm³/mol. The maximum atomic E-state index is 14.3. The fourth-order valence-corrected chi connectivity index (χ4v) is 3.87. The minimum atomic E-state index is -0.376. The van der Waals surface area contributed by atoms with Crippen LogP contribution in [0.15, 0.2) is 36.4 Å². The molecule has 4 nitrogen and oxygen atoms in total. The van der Waals surface area contributed by atoms with Crippen LogP contribution in [0, 0.1) is 5.82 Å². The fraction of sp³-hybridized carbons (Fsp3) is 0.455. The SMILES string of the molecule is COc1ccc([C@@H]2Nc3ccc(C(C)(C)C)cc3[C@H]3OCCO[C@H]32)cc1F. The zero-order valence-electron chi connectivity index (χ0n) is 16.2. The van der Waals surface area contributed by atoms with Crippen molar-refractivity contribution in [1.82, 2.24) is 0 Å². The highest BCUT2D eigenvalue weighted by Gasteiger charge is 2.41. The van der Waals surface area contributed by atoms with Crippen LogP contribution >= 0.6 is 0 Å². The van der Waals surface area contributed by atoms with Gasteiger partial charge in [0.15, 0.2) is 11.6 Å². The summed E-state index contributed by atoms with van der Waals surface area (Å²) < 4.78 is 31.5. The van der Waals surface area contributed by atoms with E-state index in [4.69, 9.17) is 14.2 Å². The van der Waals surface area contributed by atoms with Crippen molar-refractivity contribution in [2.45, 2.75) is 44.4 Å². The third kappa shape index (κ3) is 3.30. The first-order chi connectivity index (χ1) is 12.9. The molecule has 0 radical (unpaired) electrons. The molecule has 5 heteroatoms. The van der Waals surface area contributed by atoms with Gasteiger partial charge >= 0.3 is 0 Å². The fourth-order valence-electron chi connectivity index (χ4n) is 3.87. The van der Waals surface area contributed by atoms with Gasteiger partial charge in [0.2, 0.25) is 0 Å². The van der Waals surface area contributed by atoms with Gasteiger partial charge < -0.3 is 19.5 Å². The number of methoxy groups -OCH3 is 1. The third-order valence-corrected chi connectivity index (χ3v) is 5.39. The summed E-state index contributed by atoms with van der Waals surface area (Å²) in [5.74, 6) is -0.138. The third-order valence-electron chi connectivity index (χ3n) is 5.39. The molecule has 0 amide bonds. The van der Waals surface area contributed by atoms with Crippen molar-refractivity contribution >= 4 is 5.69 Å². The molecule has 1 saturated heterocycles. The second kappa shape index (κ2) is 6.80. The second-order valence-electron chi connectivity index (χ2n) is 8.19. The number of ether oxygens (including phenoxy) is 3. The lowest BCUT2D eigenvalue weighted by Crippen LogP contribution is -2.43. The van der Waals surface area contributed by atoms with Crippen LogP contribution in [0.3, 0.4) is 0 Å². The highest BCUT2D eigenvalue weighted by atomic mass is 19.1. The highest BCUT2D eigenvalue weighted by molar-refractivity contribution is 5.59. The van der Waals surface area contributed by atoms with E-state index < -0.39 is 0 Å². The molecule has 2 aromatic rings. The number of hydrogen-bond acceptors (Lipinski definition) is 4. The van der Waals surface area contributed by atoms with Gasteiger partial charge in [0.1, 0.15) is 12.2 Å². The Morgan fingerprint density at radius 1 is 1.07 bits per heavy atom. The summed E-state index contributed by atoms with van der Waals surface area (Å²) in [5, 5.41) is 3.54. The van der Waals surface area contributed by atoms with E-state index in [9.17, 15) is 4.39 Å². The molecule has 1 fully saturated rings. The number of fused-ring (bicyclic) bond motifs is 3. The number of rotatable bonds is 2. The predicted octanol–water partition coefficient (Wildman–Crippen LogP) is 4.76. The van der Waals surface area contributed by atoms with Crippen molar-refractivity contribution in [2.24, 2.45) is 0 Å². The average Bonchev–Trinajstić information content (AvgIpc) is 2.66. The van der Waals surface area contributed by atoms with E-state index in [-0.39, 0.29) is 35.2 Å². The second-order valence-corrected chi connectivity index (χ2v) is 8.19. The first-order valence-corrected chi connectivity index (χ1v) is 9.36. The smallest absolute Gasteiger partial charge is 0.165 e. The molecule has 2 aliphatic heterocycles. The Morgan fingerprint density at radius 3 is 2.56 bits per heavy atom. The van der Waals surface area contributed by atoms with Gasteiger partial charge in [0, 0.05) is 11.3 Å². The molecule has 0 bridgehead atoms. The van der Waals surface area contributed by atoms with Gasteiger partial charge in [-0.2, -0.15) is 0 Å². The number of benzene rings is 2. The summed E-state index contributed by atoms with van der Waals surface area (Å²) >= 11 is 0. The molecule has 0 spiro atoms. The van der Waals surface area contributed by atoms with E-state index in [0.717, 1.165) is 16.8 Å². The van der Waals surface area contributed by atoms with Crippen LogP contribution in [-0.4, -0.2) is 26.4 Å². The summed E-state index contributed by atoms with van der Waals surface area (Å²) in [5.41, 5.74) is 4.24. The number of halogens is 1. The summed E-state index contributed by atoms with van der Waals surface area (Å²) in [7, 11) is 1.47.